The number of ether oxygens (including phenoxy) is 1. The SMILES string of the molecule is O=CC(O)c1ccc2c(c1)NCCO2. The molecule has 0 radical (unpaired) electrons. The summed E-state index contributed by atoms with van der Waals surface area (Å²) in [6.07, 6.45) is -0.546. The first-order valence-corrected chi connectivity index (χ1v) is 4.45. The molecule has 2 rings (SSSR count). The van der Waals surface area contributed by atoms with Crippen molar-refractivity contribution < 1.29 is 14.6 Å². The van der Waals surface area contributed by atoms with Gasteiger partial charge in [0.1, 0.15) is 18.5 Å². The summed E-state index contributed by atoms with van der Waals surface area (Å²) in [6, 6.07) is 5.17. The van der Waals surface area contributed by atoms with Crippen LogP contribution in [0.3, 0.4) is 0 Å². The second kappa shape index (κ2) is 3.67. The molecular formula is C10H11NO3. The molecule has 0 aliphatic carbocycles. The van der Waals surface area contributed by atoms with Gasteiger partial charge in [-0.05, 0) is 17.7 Å². The number of aldehydes is 1. The van der Waals surface area contributed by atoms with E-state index >= 15 is 0 Å². The number of fused-ring (bicyclic) bond motifs is 1. The zero-order valence-corrected chi connectivity index (χ0v) is 7.56. The van der Waals surface area contributed by atoms with E-state index < -0.39 is 6.10 Å². The van der Waals surface area contributed by atoms with Gasteiger partial charge in [0.25, 0.3) is 0 Å². The molecule has 1 atom stereocenters. The number of aliphatic hydroxyl groups excluding tert-OH is 1. The zero-order valence-electron chi connectivity index (χ0n) is 7.56. The van der Waals surface area contributed by atoms with E-state index in [1.165, 1.54) is 0 Å². The molecule has 2 N–H and O–H groups in total. The van der Waals surface area contributed by atoms with E-state index in [-0.39, 0.29) is 0 Å². The second-order valence-electron chi connectivity index (χ2n) is 3.11. The van der Waals surface area contributed by atoms with Crippen LogP contribution in [-0.2, 0) is 4.79 Å². The summed E-state index contributed by atoms with van der Waals surface area (Å²) in [5.41, 5.74) is 1.41. The Balaban J connectivity index is 2.33. The van der Waals surface area contributed by atoms with Gasteiger partial charge >= 0.3 is 0 Å². The molecule has 1 heterocycles. The number of aliphatic hydroxyl groups is 1. The number of nitrogens with one attached hydrogen (secondary N) is 1. The fourth-order valence-corrected chi connectivity index (χ4v) is 1.42. The van der Waals surface area contributed by atoms with Crippen molar-refractivity contribution in [2.24, 2.45) is 0 Å². The Morgan fingerprint density at radius 3 is 3.21 bits per heavy atom. The lowest BCUT2D eigenvalue weighted by Crippen LogP contribution is -2.18. The minimum atomic E-state index is -1.05. The van der Waals surface area contributed by atoms with Crippen molar-refractivity contribution in [3.05, 3.63) is 23.8 Å². The third-order valence-corrected chi connectivity index (χ3v) is 2.15. The molecule has 0 fully saturated rings. The van der Waals surface area contributed by atoms with Gasteiger partial charge in [0.2, 0.25) is 0 Å². The second-order valence-corrected chi connectivity index (χ2v) is 3.11. The molecule has 0 amide bonds. The number of anilines is 1. The Kier molecular flexibility index (Phi) is 2.37. The summed E-state index contributed by atoms with van der Waals surface area (Å²) in [4.78, 5) is 10.4. The number of benzene rings is 1. The van der Waals surface area contributed by atoms with Crippen molar-refractivity contribution in [2.75, 3.05) is 18.5 Å². The van der Waals surface area contributed by atoms with Gasteiger partial charge in [0, 0.05) is 6.54 Å². The molecule has 1 aliphatic heterocycles. The summed E-state index contributed by atoms with van der Waals surface area (Å²) < 4.78 is 5.36. The van der Waals surface area contributed by atoms with E-state index in [1.54, 1.807) is 18.2 Å². The molecular weight excluding hydrogens is 182 g/mol. The molecule has 0 saturated heterocycles. The van der Waals surface area contributed by atoms with Crippen molar-refractivity contribution >= 4 is 12.0 Å². The van der Waals surface area contributed by atoms with Crippen LogP contribution in [0.15, 0.2) is 18.2 Å². The maximum absolute atomic E-state index is 10.4. The van der Waals surface area contributed by atoms with Crippen molar-refractivity contribution in [3.8, 4) is 5.75 Å². The molecule has 14 heavy (non-hydrogen) atoms. The number of hydrogen-bond acceptors (Lipinski definition) is 4. The maximum Gasteiger partial charge on any atom is 0.153 e. The first kappa shape index (κ1) is 9.02. The molecule has 4 heteroatoms. The van der Waals surface area contributed by atoms with Crippen LogP contribution in [0.1, 0.15) is 11.7 Å². The van der Waals surface area contributed by atoms with Crippen LogP contribution in [0.25, 0.3) is 0 Å². The molecule has 4 nitrogen and oxygen atoms in total. The lowest BCUT2D eigenvalue weighted by atomic mass is 10.1. The van der Waals surface area contributed by atoms with E-state index in [9.17, 15) is 9.90 Å². The van der Waals surface area contributed by atoms with Crippen molar-refractivity contribution in [1.82, 2.24) is 0 Å². The Labute approximate surface area is 81.5 Å². The van der Waals surface area contributed by atoms with Gasteiger partial charge in [-0.2, -0.15) is 0 Å². The van der Waals surface area contributed by atoms with Gasteiger partial charge in [-0.3, -0.25) is 0 Å². The van der Waals surface area contributed by atoms with Crippen LogP contribution in [0.5, 0.6) is 5.75 Å². The summed E-state index contributed by atoms with van der Waals surface area (Å²) in [6.45, 7) is 1.39. The Morgan fingerprint density at radius 1 is 1.57 bits per heavy atom. The van der Waals surface area contributed by atoms with Gasteiger partial charge in [-0.15, -0.1) is 0 Å². The van der Waals surface area contributed by atoms with E-state index in [1.807, 2.05) is 0 Å². The monoisotopic (exact) mass is 193 g/mol. The molecule has 0 bridgehead atoms. The molecule has 0 aromatic heterocycles. The summed E-state index contributed by atoms with van der Waals surface area (Å²) in [7, 11) is 0. The topological polar surface area (TPSA) is 58.6 Å². The van der Waals surface area contributed by atoms with Crippen LogP contribution in [0.4, 0.5) is 5.69 Å². The van der Waals surface area contributed by atoms with Crippen molar-refractivity contribution in [3.63, 3.8) is 0 Å². The van der Waals surface area contributed by atoms with Gasteiger partial charge in [0.15, 0.2) is 6.29 Å². The Bertz CT molecular complexity index is 351. The summed E-state index contributed by atoms with van der Waals surface area (Å²) in [5.74, 6) is 0.762. The minimum absolute atomic E-state index is 0.505. The summed E-state index contributed by atoms with van der Waals surface area (Å²) >= 11 is 0. The van der Waals surface area contributed by atoms with E-state index in [0.717, 1.165) is 18.0 Å². The first-order chi connectivity index (χ1) is 6.81. The predicted molar refractivity (Wildman–Crippen MR) is 51.5 cm³/mol. The Morgan fingerprint density at radius 2 is 2.43 bits per heavy atom. The lowest BCUT2D eigenvalue weighted by Gasteiger charge is -2.20. The number of rotatable bonds is 2. The van der Waals surface area contributed by atoms with Gasteiger partial charge in [0.05, 0.1) is 5.69 Å². The average molecular weight is 193 g/mol. The van der Waals surface area contributed by atoms with Crippen LogP contribution >= 0.6 is 0 Å². The highest BCUT2D eigenvalue weighted by Crippen LogP contribution is 2.29. The molecule has 1 aliphatic rings. The van der Waals surface area contributed by atoms with E-state index in [2.05, 4.69) is 5.32 Å². The fraction of sp³-hybridized carbons (Fsp3) is 0.300. The van der Waals surface area contributed by atoms with Gasteiger partial charge in [-0.25, -0.2) is 0 Å². The first-order valence-electron chi connectivity index (χ1n) is 4.45. The molecule has 1 aromatic carbocycles. The standard InChI is InChI=1S/C10H11NO3/c12-6-9(13)7-1-2-10-8(5-7)11-3-4-14-10/h1-2,5-6,9,11,13H,3-4H2. The smallest absolute Gasteiger partial charge is 0.153 e. The van der Waals surface area contributed by atoms with Crippen LogP contribution < -0.4 is 10.1 Å². The summed E-state index contributed by atoms with van der Waals surface area (Å²) in [5, 5.41) is 12.4. The Hall–Kier alpha value is -1.55. The number of carbonyl (C=O) groups is 1. The highest BCUT2D eigenvalue weighted by molar-refractivity contribution is 5.65. The minimum Gasteiger partial charge on any atom is -0.490 e. The molecule has 0 spiro atoms. The number of hydrogen-bond donors (Lipinski definition) is 2. The van der Waals surface area contributed by atoms with Gasteiger partial charge < -0.3 is 20.0 Å². The lowest BCUT2D eigenvalue weighted by molar-refractivity contribution is -0.115. The van der Waals surface area contributed by atoms with Crippen molar-refractivity contribution in [2.45, 2.75) is 6.10 Å². The molecule has 74 valence electrons. The predicted octanol–water partition coefficient (Wildman–Crippen LogP) is 0.723. The zero-order chi connectivity index (χ0) is 9.97. The maximum atomic E-state index is 10.4. The molecule has 1 aromatic rings. The van der Waals surface area contributed by atoms with Gasteiger partial charge in [-0.1, -0.05) is 6.07 Å². The third kappa shape index (κ3) is 1.56. The highest BCUT2D eigenvalue weighted by atomic mass is 16.5. The molecule has 0 saturated carbocycles. The fourth-order valence-electron chi connectivity index (χ4n) is 1.42. The normalized spacial score (nSPS) is 16.1. The quantitative estimate of drug-likeness (QED) is 0.679. The van der Waals surface area contributed by atoms with E-state index in [0.29, 0.717) is 18.5 Å². The van der Waals surface area contributed by atoms with Crippen LogP contribution in [-0.4, -0.2) is 24.5 Å². The van der Waals surface area contributed by atoms with Crippen molar-refractivity contribution in [1.29, 1.82) is 0 Å². The largest absolute Gasteiger partial charge is 0.490 e. The van der Waals surface area contributed by atoms with Crippen LogP contribution in [0, 0.1) is 0 Å². The average Bonchev–Trinajstić information content (AvgIpc) is 2.27. The highest BCUT2D eigenvalue weighted by Gasteiger charge is 2.12. The number of carbonyl (C=O) groups excluding carboxylic acids is 1. The van der Waals surface area contributed by atoms with E-state index in [4.69, 9.17) is 4.74 Å². The molecule has 1 unspecified atom stereocenters. The third-order valence-electron chi connectivity index (χ3n) is 2.15. The van der Waals surface area contributed by atoms with Crippen LogP contribution in [0.2, 0.25) is 0 Å².